The summed E-state index contributed by atoms with van der Waals surface area (Å²) in [5, 5.41) is 3.58. The van der Waals surface area contributed by atoms with Crippen LogP contribution < -0.4 is 5.32 Å². The fourth-order valence-electron chi connectivity index (χ4n) is 2.42. The maximum atomic E-state index is 3.58. The molecule has 0 bridgehead atoms. The van der Waals surface area contributed by atoms with Crippen molar-refractivity contribution in [3.8, 4) is 0 Å². The third-order valence-corrected chi connectivity index (χ3v) is 3.39. The molecule has 1 heteroatoms. The summed E-state index contributed by atoms with van der Waals surface area (Å²) >= 11 is 0. The van der Waals surface area contributed by atoms with Crippen molar-refractivity contribution in [3.63, 3.8) is 0 Å². The molecule has 0 saturated carbocycles. The Kier molecular flexibility index (Phi) is 6.95. The van der Waals surface area contributed by atoms with Crippen LogP contribution in [-0.4, -0.2) is 12.6 Å². The van der Waals surface area contributed by atoms with Crippen molar-refractivity contribution >= 4 is 0 Å². The molecule has 0 aliphatic rings. The highest BCUT2D eigenvalue weighted by atomic mass is 14.9. The van der Waals surface area contributed by atoms with E-state index in [1.165, 1.54) is 43.2 Å². The van der Waals surface area contributed by atoms with Gasteiger partial charge in [-0.15, -0.1) is 0 Å². The lowest BCUT2D eigenvalue weighted by Gasteiger charge is -2.17. The van der Waals surface area contributed by atoms with E-state index in [0.29, 0.717) is 6.04 Å². The smallest absolute Gasteiger partial charge is 0.00669 e. The van der Waals surface area contributed by atoms with Gasteiger partial charge in [0, 0.05) is 6.04 Å². The van der Waals surface area contributed by atoms with Gasteiger partial charge in [0.2, 0.25) is 0 Å². The first-order chi connectivity index (χ1) is 8.27. The molecule has 1 atom stereocenters. The summed E-state index contributed by atoms with van der Waals surface area (Å²) in [6, 6.07) is 9.46. The van der Waals surface area contributed by atoms with Crippen LogP contribution in [-0.2, 0) is 6.42 Å². The van der Waals surface area contributed by atoms with E-state index in [9.17, 15) is 0 Å². The third kappa shape index (κ3) is 5.36. The Balaban J connectivity index is 2.33. The highest BCUT2D eigenvalue weighted by Crippen LogP contribution is 2.13. The van der Waals surface area contributed by atoms with Gasteiger partial charge in [-0.3, -0.25) is 0 Å². The molecule has 1 nitrogen and oxygen atoms in total. The molecule has 96 valence electrons. The summed E-state index contributed by atoms with van der Waals surface area (Å²) in [6.45, 7) is 7.77. The molecule has 0 aliphatic carbocycles. The molecule has 0 spiro atoms. The first-order valence-corrected chi connectivity index (χ1v) is 7.05. The van der Waals surface area contributed by atoms with Gasteiger partial charge in [0.15, 0.2) is 0 Å². The lowest BCUT2D eigenvalue weighted by atomic mass is 9.99. The molecule has 0 fully saturated rings. The number of nitrogens with one attached hydrogen (secondary N) is 1. The molecule has 1 aromatic rings. The summed E-state index contributed by atoms with van der Waals surface area (Å²) in [7, 11) is 0. The standard InChI is InChI=1S/C16H27N/c1-4-9-16(17-5-2)13-8-12-15-11-7-6-10-14(15)3/h6-7,10-11,16-17H,4-5,8-9,12-13H2,1-3H3. The van der Waals surface area contributed by atoms with Crippen molar-refractivity contribution in [2.24, 2.45) is 0 Å². The van der Waals surface area contributed by atoms with Crippen molar-refractivity contribution in [1.82, 2.24) is 5.32 Å². The van der Waals surface area contributed by atoms with Gasteiger partial charge < -0.3 is 5.32 Å². The second-order valence-electron chi connectivity index (χ2n) is 4.86. The highest BCUT2D eigenvalue weighted by Gasteiger charge is 2.06. The molecule has 1 unspecified atom stereocenters. The molecule has 0 aliphatic heterocycles. The van der Waals surface area contributed by atoms with Crippen LogP contribution in [0.2, 0.25) is 0 Å². The minimum absolute atomic E-state index is 0.717. The summed E-state index contributed by atoms with van der Waals surface area (Å²) < 4.78 is 0. The first kappa shape index (κ1) is 14.2. The summed E-state index contributed by atoms with van der Waals surface area (Å²) in [4.78, 5) is 0. The van der Waals surface area contributed by atoms with Crippen molar-refractivity contribution in [2.75, 3.05) is 6.54 Å². The van der Waals surface area contributed by atoms with Gasteiger partial charge in [0.25, 0.3) is 0 Å². The largest absolute Gasteiger partial charge is 0.314 e. The molecular weight excluding hydrogens is 206 g/mol. The lowest BCUT2D eigenvalue weighted by molar-refractivity contribution is 0.447. The summed E-state index contributed by atoms with van der Waals surface area (Å²) in [5.41, 5.74) is 2.95. The highest BCUT2D eigenvalue weighted by molar-refractivity contribution is 5.25. The van der Waals surface area contributed by atoms with E-state index in [2.05, 4.69) is 50.4 Å². The fraction of sp³-hybridized carbons (Fsp3) is 0.625. The SMILES string of the molecule is CCCC(CCCc1ccccc1C)NCC. The van der Waals surface area contributed by atoms with Crippen LogP contribution >= 0.6 is 0 Å². The Hall–Kier alpha value is -0.820. The fourth-order valence-corrected chi connectivity index (χ4v) is 2.42. The Morgan fingerprint density at radius 1 is 1.12 bits per heavy atom. The predicted octanol–water partition coefficient (Wildman–Crippen LogP) is 4.10. The minimum atomic E-state index is 0.717. The number of hydrogen-bond acceptors (Lipinski definition) is 1. The van der Waals surface area contributed by atoms with Gasteiger partial charge in [-0.25, -0.2) is 0 Å². The van der Waals surface area contributed by atoms with E-state index in [1.807, 2.05) is 0 Å². The molecule has 0 aromatic heterocycles. The number of rotatable bonds is 8. The van der Waals surface area contributed by atoms with Crippen molar-refractivity contribution in [1.29, 1.82) is 0 Å². The van der Waals surface area contributed by atoms with Gasteiger partial charge in [-0.05, 0) is 50.3 Å². The number of hydrogen-bond donors (Lipinski definition) is 1. The van der Waals surface area contributed by atoms with Crippen molar-refractivity contribution in [3.05, 3.63) is 35.4 Å². The minimum Gasteiger partial charge on any atom is -0.314 e. The maximum Gasteiger partial charge on any atom is 0.00669 e. The van der Waals surface area contributed by atoms with E-state index in [0.717, 1.165) is 6.54 Å². The Bertz CT molecular complexity index is 300. The summed E-state index contributed by atoms with van der Waals surface area (Å²) in [5.74, 6) is 0. The predicted molar refractivity (Wildman–Crippen MR) is 76.5 cm³/mol. The van der Waals surface area contributed by atoms with Crippen LogP contribution in [0.1, 0.15) is 50.7 Å². The van der Waals surface area contributed by atoms with Crippen LogP contribution in [0.3, 0.4) is 0 Å². The quantitative estimate of drug-likeness (QED) is 0.713. The van der Waals surface area contributed by atoms with Gasteiger partial charge in [-0.1, -0.05) is 44.5 Å². The molecule has 1 rings (SSSR count). The Morgan fingerprint density at radius 2 is 1.88 bits per heavy atom. The third-order valence-electron chi connectivity index (χ3n) is 3.39. The topological polar surface area (TPSA) is 12.0 Å². The number of benzene rings is 1. The molecule has 17 heavy (non-hydrogen) atoms. The van der Waals surface area contributed by atoms with E-state index in [-0.39, 0.29) is 0 Å². The van der Waals surface area contributed by atoms with E-state index < -0.39 is 0 Å². The van der Waals surface area contributed by atoms with Crippen molar-refractivity contribution < 1.29 is 0 Å². The zero-order chi connectivity index (χ0) is 12.5. The first-order valence-electron chi connectivity index (χ1n) is 7.05. The second-order valence-corrected chi connectivity index (χ2v) is 4.86. The molecular formula is C16H27N. The van der Waals surface area contributed by atoms with Crippen LogP contribution in [0.5, 0.6) is 0 Å². The average molecular weight is 233 g/mol. The van der Waals surface area contributed by atoms with Gasteiger partial charge >= 0.3 is 0 Å². The molecule has 1 N–H and O–H groups in total. The summed E-state index contributed by atoms with van der Waals surface area (Å²) in [6.07, 6.45) is 6.40. The van der Waals surface area contributed by atoms with Gasteiger partial charge in [0.05, 0.1) is 0 Å². The van der Waals surface area contributed by atoms with Crippen LogP contribution in [0.25, 0.3) is 0 Å². The van der Waals surface area contributed by atoms with Crippen molar-refractivity contribution in [2.45, 2.75) is 58.9 Å². The van der Waals surface area contributed by atoms with Crippen LogP contribution in [0, 0.1) is 6.92 Å². The van der Waals surface area contributed by atoms with E-state index in [1.54, 1.807) is 0 Å². The Labute approximate surface area is 107 Å². The van der Waals surface area contributed by atoms with Gasteiger partial charge in [0.1, 0.15) is 0 Å². The van der Waals surface area contributed by atoms with E-state index >= 15 is 0 Å². The zero-order valence-corrected chi connectivity index (χ0v) is 11.6. The maximum absolute atomic E-state index is 3.58. The monoisotopic (exact) mass is 233 g/mol. The zero-order valence-electron chi connectivity index (χ0n) is 11.6. The number of aryl methyl sites for hydroxylation is 2. The van der Waals surface area contributed by atoms with Crippen LogP contribution in [0.15, 0.2) is 24.3 Å². The van der Waals surface area contributed by atoms with E-state index in [4.69, 9.17) is 0 Å². The second kappa shape index (κ2) is 8.30. The normalized spacial score (nSPS) is 12.6. The van der Waals surface area contributed by atoms with Gasteiger partial charge in [-0.2, -0.15) is 0 Å². The molecule has 1 aromatic carbocycles. The molecule has 0 amide bonds. The lowest BCUT2D eigenvalue weighted by Crippen LogP contribution is -2.28. The van der Waals surface area contributed by atoms with Crippen LogP contribution in [0.4, 0.5) is 0 Å². The Morgan fingerprint density at radius 3 is 2.53 bits per heavy atom. The molecule has 0 saturated heterocycles. The molecule has 0 heterocycles. The average Bonchev–Trinajstić information content (AvgIpc) is 2.32. The molecule has 0 radical (unpaired) electrons.